The minimum absolute atomic E-state index is 0.0719. The Kier molecular flexibility index (Phi) is 3.92. The second-order valence-electron chi connectivity index (χ2n) is 2.74. The van der Waals surface area contributed by atoms with Crippen LogP contribution >= 0.6 is 11.3 Å². The number of carbonyl (C=O) groups is 1. The number of hydrogen-bond acceptors (Lipinski definition) is 3. The van der Waals surface area contributed by atoms with Crippen LogP contribution in [0.1, 0.15) is 17.8 Å². The Morgan fingerprint density at radius 2 is 2.54 bits per heavy atom. The summed E-state index contributed by atoms with van der Waals surface area (Å²) in [5, 5.41) is 4.82. The zero-order chi connectivity index (χ0) is 9.68. The number of rotatable bonds is 4. The molecule has 0 aliphatic carbocycles. The summed E-state index contributed by atoms with van der Waals surface area (Å²) in [6.07, 6.45) is 0. The van der Waals surface area contributed by atoms with Crippen LogP contribution in [-0.2, 0) is 9.53 Å². The highest BCUT2D eigenvalue weighted by Crippen LogP contribution is 2.17. The molecule has 0 fully saturated rings. The molecule has 0 unspecified atom stereocenters. The van der Waals surface area contributed by atoms with Crippen LogP contribution in [0.15, 0.2) is 17.5 Å². The first-order valence-corrected chi connectivity index (χ1v) is 4.93. The number of thiophene rings is 1. The molecule has 3 nitrogen and oxygen atoms in total. The van der Waals surface area contributed by atoms with Gasteiger partial charge in [-0.15, -0.1) is 11.3 Å². The molecule has 1 amide bonds. The van der Waals surface area contributed by atoms with E-state index in [1.807, 2.05) is 24.4 Å². The molecule has 4 heteroatoms. The van der Waals surface area contributed by atoms with Gasteiger partial charge < -0.3 is 10.1 Å². The fraction of sp³-hybridized carbons (Fsp3) is 0.444. The topological polar surface area (TPSA) is 38.3 Å². The van der Waals surface area contributed by atoms with E-state index in [0.29, 0.717) is 0 Å². The molecule has 1 rings (SSSR count). The Labute approximate surface area is 81.7 Å². The molecular formula is C9H13NO2S. The molecule has 0 saturated carbocycles. The zero-order valence-corrected chi connectivity index (χ0v) is 8.56. The molecule has 0 aliphatic heterocycles. The Balaban J connectivity index is 2.42. The van der Waals surface area contributed by atoms with Crippen LogP contribution in [0.2, 0.25) is 0 Å². The van der Waals surface area contributed by atoms with Crippen LogP contribution < -0.4 is 5.32 Å². The third kappa shape index (κ3) is 3.16. The van der Waals surface area contributed by atoms with E-state index in [2.05, 4.69) is 5.32 Å². The Hall–Kier alpha value is -0.870. The number of ether oxygens (including phenoxy) is 1. The van der Waals surface area contributed by atoms with E-state index >= 15 is 0 Å². The highest BCUT2D eigenvalue weighted by Gasteiger charge is 2.08. The van der Waals surface area contributed by atoms with Crippen molar-refractivity contribution in [3.63, 3.8) is 0 Å². The van der Waals surface area contributed by atoms with Gasteiger partial charge in [0.2, 0.25) is 5.91 Å². The lowest BCUT2D eigenvalue weighted by molar-refractivity contribution is -0.125. The summed E-state index contributed by atoms with van der Waals surface area (Å²) < 4.78 is 4.71. The molecule has 72 valence electrons. The van der Waals surface area contributed by atoms with Gasteiger partial charge in [0.15, 0.2) is 0 Å². The van der Waals surface area contributed by atoms with Crippen molar-refractivity contribution in [3.8, 4) is 0 Å². The number of carbonyl (C=O) groups excluding carboxylic acids is 1. The van der Waals surface area contributed by atoms with Crippen molar-refractivity contribution in [2.24, 2.45) is 0 Å². The largest absolute Gasteiger partial charge is 0.375 e. The van der Waals surface area contributed by atoms with Crippen LogP contribution in [0.3, 0.4) is 0 Å². The molecule has 0 bridgehead atoms. The van der Waals surface area contributed by atoms with Gasteiger partial charge >= 0.3 is 0 Å². The molecule has 1 aromatic heterocycles. The summed E-state index contributed by atoms with van der Waals surface area (Å²) in [5.74, 6) is -0.0802. The number of nitrogens with one attached hydrogen (secondary N) is 1. The lowest BCUT2D eigenvalue weighted by atomic mass is 10.3. The summed E-state index contributed by atoms with van der Waals surface area (Å²) in [7, 11) is 1.51. The smallest absolute Gasteiger partial charge is 0.246 e. The first-order chi connectivity index (χ1) is 6.24. The molecule has 0 spiro atoms. The molecule has 1 N–H and O–H groups in total. The summed E-state index contributed by atoms with van der Waals surface area (Å²) in [4.78, 5) is 12.3. The second-order valence-corrected chi connectivity index (χ2v) is 3.72. The third-order valence-corrected chi connectivity index (χ3v) is 2.68. The predicted molar refractivity (Wildman–Crippen MR) is 52.8 cm³/mol. The van der Waals surface area contributed by atoms with Gasteiger partial charge in [0.1, 0.15) is 6.61 Å². The molecule has 0 saturated heterocycles. The van der Waals surface area contributed by atoms with Gasteiger partial charge in [0.25, 0.3) is 0 Å². The van der Waals surface area contributed by atoms with Crippen molar-refractivity contribution >= 4 is 17.2 Å². The second kappa shape index (κ2) is 4.99. The molecule has 0 radical (unpaired) electrons. The van der Waals surface area contributed by atoms with Gasteiger partial charge in [-0.1, -0.05) is 6.07 Å². The van der Waals surface area contributed by atoms with Gasteiger partial charge in [-0.05, 0) is 18.4 Å². The van der Waals surface area contributed by atoms with Crippen LogP contribution in [0, 0.1) is 0 Å². The Morgan fingerprint density at radius 1 is 1.77 bits per heavy atom. The maximum atomic E-state index is 11.1. The number of amides is 1. The summed E-state index contributed by atoms with van der Waals surface area (Å²) in [6.45, 7) is 2.08. The van der Waals surface area contributed by atoms with Gasteiger partial charge in [-0.2, -0.15) is 0 Å². The number of methoxy groups -OCH3 is 1. The van der Waals surface area contributed by atoms with Gasteiger partial charge in [0.05, 0.1) is 6.04 Å². The summed E-state index contributed by atoms with van der Waals surface area (Å²) >= 11 is 1.64. The van der Waals surface area contributed by atoms with Gasteiger partial charge in [-0.3, -0.25) is 4.79 Å². The molecule has 13 heavy (non-hydrogen) atoms. The fourth-order valence-corrected chi connectivity index (χ4v) is 1.76. The highest BCUT2D eigenvalue weighted by atomic mass is 32.1. The molecule has 0 aromatic carbocycles. The first kappa shape index (κ1) is 10.2. The maximum Gasteiger partial charge on any atom is 0.246 e. The highest BCUT2D eigenvalue weighted by molar-refractivity contribution is 7.10. The molecule has 0 aliphatic rings. The minimum atomic E-state index is -0.0802. The van der Waals surface area contributed by atoms with E-state index in [9.17, 15) is 4.79 Å². The van der Waals surface area contributed by atoms with Crippen molar-refractivity contribution in [2.45, 2.75) is 13.0 Å². The van der Waals surface area contributed by atoms with Crippen LogP contribution in [-0.4, -0.2) is 19.6 Å². The SMILES string of the molecule is COCC(=O)N[C@H](C)c1cccs1. The average Bonchev–Trinajstić information content (AvgIpc) is 2.55. The maximum absolute atomic E-state index is 11.1. The molecule has 1 heterocycles. The van der Waals surface area contributed by atoms with Crippen molar-refractivity contribution < 1.29 is 9.53 Å². The van der Waals surface area contributed by atoms with E-state index in [1.54, 1.807) is 11.3 Å². The number of hydrogen-bond donors (Lipinski definition) is 1. The fourth-order valence-electron chi connectivity index (χ4n) is 1.02. The lowest BCUT2D eigenvalue weighted by Gasteiger charge is -2.11. The van der Waals surface area contributed by atoms with Crippen LogP contribution in [0.5, 0.6) is 0 Å². The summed E-state index contributed by atoms with van der Waals surface area (Å²) in [6, 6.07) is 4.05. The first-order valence-electron chi connectivity index (χ1n) is 4.05. The van der Waals surface area contributed by atoms with Crippen molar-refractivity contribution in [2.75, 3.05) is 13.7 Å². The predicted octanol–water partition coefficient (Wildman–Crippen LogP) is 1.57. The van der Waals surface area contributed by atoms with Crippen molar-refractivity contribution in [1.29, 1.82) is 0 Å². The molecule has 1 atom stereocenters. The standard InChI is InChI=1S/C9H13NO2S/c1-7(8-4-3-5-13-8)10-9(11)6-12-2/h3-5,7H,6H2,1-2H3,(H,10,11)/t7-/m1/s1. The van der Waals surface area contributed by atoms with Crippen molar-refractivity contribution in [1.82, 2.24) is 5.32 Å². The van der Waals surface area contributed by atoms with Gasteiger partial charge in [-0.25, -0.2) is 0 Å². The Morgan fingerprint density at radius 3 is 3.08 bits per heavy atom. The third-order valence-electron chi connectivity index (χ3n) is 1.62. The van der Waals surface area contributed by atoms with Crippen LogP contribution in [0.25, 0.3) is 0 Å². The summed E-state index contributed by atoms with van der Waals surface area (Å²) in [5.41, 5.74) is 0. The van der Waals surface area contributed by atoms with E-state index in [1.165, 1.54) is 7.11 Å². The lowest BCUT2D eigenvalue weighted by Crippen LogP contribution is -2.29. The van der Waals surface area contributed by atoms with E-state index < -0.39 is 0 Å². The molecular weight excluding hydrogens is 186 g/mol. The van der Waals surface area contributed by atoms with E-state index in [4.69, 9.17) is 4.74 Å². The minimum Gasteiger partial charge on any atom is -0.375 e. The normalized spacial score (nSPS) is 12.5. The molecule has 1 aromatic rings. The van der Waals surface area contributed by atoms with Crippen molar-refractivity contribution in [3.05, 3.63) is 22.4 Å². The van der Waals surface area contributed by atoms with E-state index in [-0.39, 0.29) is 18.6 Å². The zero-order valence-electron chi connectivity index (χ0n) is 7.74. The Bertz CT molecular complexity index is 259. The van der Waals surface area contributed by atoms with Gasteiger partial charge in [0, 0.05) is 12.0 Å². The van der Waals surface area contributed by atoms with Crippen LogP contribution in [0.4, 0.5) is 0 Å². The average molecular weight is 199 g/mol. The van der Waals surface area contributed by atoms with E-state index in [0.717, 1.165) is 4.88 Å². The quantitative estimate of drug-likeness (QED) is 0.799. The monoisotopic (exact) mass is 199 g/mol.